The van der Waals surface area contributed by atoms with Crippen LogP contribution in [0.4, 0.5) is 0 Å². The second-order valence-corrected chi connectivity index (χ2v) is 5.72. The summed E-state index contributed by atoms with van der Waals surface area (Å²) in [6.07, 6.45) is 1.67. The van der Waals surface area contributed by atoms with Gasteiger partial charge in [-0.25, -0.2) is 4.98 Å². The van der Waals surface area contributed by atoms with E-state index in [1.807, 2.05) is 32.2 Å². The fourth-order valence-corrected chi connectivity index (χ4v) is 3.41. The van der Waals surface area contributed by atoms with Gasteiger partial charge in [-0.15, -0.1) is 0 Å². The lowest BCUT2D eigenvalue weighted by Gasteiger charge is -2.32. The van der Waals surface area contributed by atoms with Crippen LogP contribution in [0.5, 0.6) is 5.75 Å². The van der Waals surface area contributed by atoms with Gasteiger partial charge in [0.05, 0.1) is 17.0 Å². The number of fused-ring (bicyclic) bond motifs is 1. The molecule has 5 heteroatoms. The average molecular weight is 276 g/mol. The second kappa shape index (κ2) is 5.27. The quantitative estimate of drug-likeness (QED) is 0.934. The highest BCUT2D eigenvalue weighted by Gasteiger charge is 2.31. The van der Waals surface area contributed by atoms with Crippen molar-refractivity contribution in [3.8, 4) is 5.75 Å². The zero-order chi connectivity index (χ0) is 13.2. The molecule has 1 aliphatic heterocycles. The Morgan fingerprint density at radius 1 is 1.37 bits per heavy atom. The highest BCUT2D eigenvalue weighted by atomic mass is 32.2. The number of hydrogen-bond acceptors (Lipinski definition) is 5. The third-order valence-electron chi connectivity index (χ3n) is 3.19. The van der Waals surface area contributed by atoms with Crippen molar-refractivity contribution < 1.29 is 9.15 Å². The second-order valence-electron chi connectivity index (χ2n) is 4.53. The number of benzene rings is 1. The standard InChI is InChI=1S/C14H16N2O2S/c1-9-7-18-14(16-9)19-12-8-17-11-6-4-3-5-10(11)13(12)15-2/h3-7,12-13,15H,8H2,1-2H3. The molecule has 0 saturated heterocycles. The summed E-state index contributed by atoms with van der Waals surface area (Å²) in [5, 5.41) is 4.31. The number of rotatable bonds is 3. The largest absolute Gasteiger partial charge is 0.492 e. The van der Waals surface area contributed by atoms with Gasteiger partial charge in [0.2, 0.25) is 0 Å². The number of thioether (sulfide) groups is 1. The van der Waals surface area contributed by atoms with E-state index in [9.17, 15) is 0 Å². The number of nitrogens with zero attached hydrogens (tertiary/aromatic N) is 1. The van der Waals surface area contributed by atoms with E-state index in [4.69, 9.17) is 9.15 Å². The van der Waals surface area contributed by atoms with Crippen molar-refractivity contribution in [2.75, 3.05) is 13.7 Å². The van der Waals surface area contributed by atoms with Crippen LogP contribution in [-0.2, 0) is 0 Å². The van der Waals surface area contributed by atoms with Crippen LogP contribution in [0.2, 0.25) is 0 Å². The zero-order valence-electron chi connectivity index (χ0n) is 10.9. The molecular formula is C14H16N2O2S. The Balaban J connectivity index is 1.84. The molecule has 1 N–H and O–H groups in total. The molecule has 2 atom stereocenters. The average Bonchev–Trinajstić information content (AvgIpc) is 2.84. The Morgan fingerprint density at radius 2 is 2.21 bits per heavy atom. The van der Waals surface area contributed by atoms with Crippen molar-refractivity contribution in [2.24, 2.45) is 0 Å². The maximum atomic E-state index is 5.82. The maximum absolute atomic E-state index is 5.82. The van der Waals surface area contributed by atoms with Crippen molar-refractivity contribution in [3.63, 3.8) is 0 Å². The summed E-state index contributed by atoms with van der Waals surface area (Å²) in [6.45, 7) is 2.57. The summed E-state index contributed by atoms with van der Waals surface area (Å²) < 4.78 is 11.2. The monoisotopic (exact) mass is 276 g/mol. The van der Waals surface area contributed by atoms with Gasteiger partial charge in [0.1, 0.15) is 18.6 Å². The van der Waals surface area contributed by atoms with E-state index in [-0.39, 0.29) is 11.3 Å². The van der Waals surface area contributed by atoms with Crippen molar-refractivity contribution in [3.05, 3.63) is 41.8 Å². The van der Waals surface area contributed by atoms with E-state index in [0.717, 1.165) is 11.4 Å². The predicted octanol–water partition coefficient (Wildman–Crippen LogP) is 2.80. The number of hydrogen-bond donors (Lipinski definition) is 1. The number of nitrogens with one attached hydrogen (secondary N) is 1. The van der Waals surface area contributed by atoms with Crippen molar-refractivity contribution >= 4 is 11.8 Å². The van der Waals surface area contributed by atoms with Gasteiger partial charge in [-0.3, -0.25) is 0 Å². The van der Waals surface area contributed by atoms with E-state index in [0.29, 0.717) is 11.8 Å². The van der Waals surface area contributed by atoms with Crippen LogP contribution in [0.15, 0.2) is 40.2 Å². The molecule has 1 aromatic carbocycles. The first-order valence-corrected chi connectivity index (χ1v) is 7.13. The van der Waals surface area contributed by atoms with Gasteiger partial charge < -0.3 is 14.5 Å². The Morgan fingerprint density at radius 3 is 2.95 bits per heavy atom. The molecule has 0 radical (unpaired) electrons. The van der Waals surface area contributed by atoms with E-state index in [1.165, 1.54) is 5.56 Å². The van der Waals surface area contributed by atoms with E-state index < -0.39 is 0 Å². The summed E-state index contributed by atoms with van der Waals surface area (Å²) in [4.78, 5) is 4.34. The Labute approximate surface area is 116 Å². The molecule has 4 nitrogen and oxygen atoms in total. The summed E-state index contributed by atoms with van der Waals surface area (Å²) in [5.41, 5.74) is 2.10. The minimum Gasteiger partial charge on any atom is -0.492 e. The van der Waals surface area contributed by atoms with Crippen molar-refractivity contribution in [1.82, 2.24) is 10.3 Å². The molecule has 1 aromatic heterocycles. The van der Waals surface area contributed by atoms with Crippen LogP contribution in [0.1, 0.15) is 17.3 Å². The van der Waals surface area contributed by atoms with Gasteiger partial charge in [-0.1, -0.05) is 30.0 Å². The number of ether oxygens (including phenoxy) is 1. The lowest BCUT2D eigenvalue weighted by atomic mass is 10.0. The fourth-order valence-electron chi connectivity index (χ4n) is 2.30. The first-order valence-electron chi connectivity index (χ1n) is 6.25. The Bertz CT molecular complexity index is 570. The summed E-state index contributed by atoms with van der Waals surface area (Å²) in [6, 6.07) is 8.38. The van der Waals surface area contributed by atoms with Crippen LogP contribution in [0.25, 0.3) is 0 Å². The normalized spacial score (nSPS) is 21.8. The number of oxazole rings is 1. The van der Waals surface area contributed by atoms with Gasteiger partial charge in [0.25, 0.3) is 5.22 Å². The lowest BCUT2D eigenvalue weighted by molar-refractivity contribution is 0.264. The van der Waals surface area contributed by atoms with Crippen LogP contribution in [0, 0.1) is 6.92 Å². The van der Waals surface area contributed by atoms with Gasteiger partial charge >= 0.3 is 0 Å². The van der Waals surface area contributed by atoms with Crippen LogP contribution in [0.3, 0.4) is 0 Å². The van der Waals surface area contributed by atoms with Gasteiger partial charge in [-0.2, -0.15) is 0 Å². The highest BCUT2D eigenvalue weighted by molar-refractivity contribution is 7.99. The predicted molar refractivity (Wildman–Crippen MR) is 74.6 cm³/mol. The summed E-state index contributed by atoms with van der Waals surface area (Å²) in [5.74, 6) is 0.960. The SMILES string of the molecule is CNC1c2ccccc2OCC1Sc1nc(C)co1. The number of aromatic nitrogens is 1. The highest BCUT2D eigenvalue weighted by Crippen LogP contribution is 2.39. The molecule has 0 aliphatic carbocycles. The maximum Gasteiger partial charge on any atom is 0.256 e. The minimum absolute atomic E-state index is 0.238. The van der Waals surface area contributed by atoms with Crippen LogP contribution in [-0.4, -0.2) is 23.9 Å². The molecular weight excluding hydrogens is 260 g/mol. The van der Waals surface area contributed by atoms with Gasteiger partial charge in [0, 0.05) is 5.56 Å². The third-order valence-corrected chi connectivity index (χ3v) is 4.29. The molecule has 2 heterocycles. The van der Waals surface area contributed by atoms with Gasteiger partial charge in [-0.05, 0) is 20.0 Å². The molecule has 0 bridgehead atoms. The molecule has 0 fully saturated rings. The molecule has 1 aliphatic rings. The van der Waals surface area contributed by atoms with E-state index in [2.05, 4.69) is 16.4 Å². The van der Waals surface area contributed by atoms with Crippen LogP contribution < -0.4 is 10.1 Å². The molecule has 2 unspecified atom stereocenters. The third kappa shape index (κ3) is 2.48. The van der Waals surface area contributed by atoms with Crippen molar-refractivity contribution in [2.45, 2.75) is 23.4 Å². The Kier molecular flexibility index (Phi) is 3.48. The molecule has 19 heavy (non-hydrogen) atoms. The zero-order valence-corrected chi connectivity index (χ0v) is 11.7. The van der Waals surface area contributed by atoms with E-state index in [1.54, 1.807) is 18.0 Å². The lowest BCUT2D eigenvalue weighted by Crippen LogP contribution is -2.35. The van der Waals surface area contributed by atoms with E-state index >= 15 is 0 Å². The molecule has 0 saturated carbocycles. The molecule has 2 aromatic rings. The first kappa shape index (κ1) is 12.6. The topological polar surface area (TPSA) is 47.3 Å². The fraction of sp³-hybridized carbons (Fsp3) is 0.357. The van der Waals surface area contributed by atoms with Gasteiger partial charge in [0.15, 0.2) is 0 Å². The number of aryl methyl sites for hydroxylation is 1. The molecule has 100 valence electrons. The summed E-state index contributed by atoms with van der Waals surface area (Å²) >= 11 is 1.62. The molecule has 0 amide bonds. The van der Waals surface area contributed by atoms with Crippen LogP contribution >= 0.6 is 11.8 Å². The Hall–Kier alpha value is -1.46. The number of para-hydroxylation sites is 1. The first-order chi connectivity index (χ1) is 9.28. The smallest absolute Gasteiger partial charge is 0.256 e. The minimum atomic E-state index is 0.238. The molecule has 3 rings (SSSR count). The summed E-state index contributed by atoms with van der Waals surface area (Å²) in [7, 11) is 1.97. The van der Waals surface area contributed by atoms with Crippen molar-refractivity contribution in [1.29, 1.82) is 0 Å². The molecule has 0 spiro atoms.